The molecule has 0 radical (unpaired) electrons. The van der Waals surface area contributed by atoms with Crippen molar-refractivity contribution in [2.24, 2.45) is 0 Å². The molecule has 38 heavy (non-hydrogen) atoms. The van der Waals surface area contributed by atoms with Crippen LogP contribution >= 0.6 is 11.6 Å². The van der Waals surface area contributed by atoms with Crippen LogP contribution in [-0.2, 0) is 0 Å². The van der Waals surface area contributed by atoms with Gasteiger partial charge in [-0.15, -0.1) is 0 Å². The van der Waals surface area contributed by atoms with Crippen LogP contribution in [0.25, 0.3) is 65.7 Å². The van der Waals surface area contributed by atoms with E-state index in [0.29, 0.717) is 0 Å². The van der Waals surface area contributed by atoms with Gasteiger partial charge in [-0.1, -0.05) is 109 Å². The number of fused-ring (bicyclic) bond motifs is 5. The van der Waals surface area contributed by atoms with Gasteiger partial charge >= 0.3 is 0 Å². The van der Waals surface area contributed by atoms with Gasteiger partial charge in [-0.25, -0.2) is 0 Å². The summed E-state index contributed by atoms with van der Waals surface area (Å²) in [5.41, 5.74) is 7.05. The largest absolute Gasteiger partial charge is 0.456 e. The van der Waals surface area contributed by atoms with E-state index in [4.69, 9.17) is 16.3 Å². The van der Waals surface area contributed by atoms with Crippen LogP contribution in [0.3, 0.4) is 0 Å². The zero-order chi connectivity index (χ0) is 25.2. The average Bonchev–Trinajstić information content (AvgIpc) is 2.97. The molecule has 1 aliphatic rings. The molecule has 178 valence electrons. The van der Waals surface area contributed by atoms with E-state index >= 15 is 0 Å². The molecule has 0 saturated heterocycles. The average molecular weight is 505 g/mol. The number of ether oxygens (including phenoxy) is 1. The first-order valence-corrected chi connectivity index (χ1v) is 13.2. The van der Waals surface area contributed by atoms with E-state index in [1.807, 2.05) is 6.07 Å². The van der Waals surface area contributed by atoms with Crippen molar-refractivity contribution in [1.82, 2.24) is 0 Å². The third kappa shape index (κ3) is 3.13. The summed E-state index contributed by atoms with van der Waals surface area (Å²) in [7, 11) is 0. The van der Waals surface area contributed by atoms with Crippen molar-refractivity contribution in [3.8, 4) is 44.9 Å². The summed E-state index contributed by atoms with van der Waals surface area (Å²) in [6.45, 7) is 0. The van der Waals surface area contributed by atoms with Crippen LogP contribution in [0, 0.1) is 0 Å². The van der Waals surface area contributed by atoms with Gasteiger partial charge in [0.25, 0.3) is 0 Å². The lowest BCUT2D eigenvalue weighted by molar-refractivity contribution is 0.487. The monoisotopic (exact) mass is 504 g/mol. The Kier molecular flexibility index (Phi) is 4.64. The van der Waals surface area contributed by atoms with E-state index in [1.54, 1.807) is 0 Å². The van der Waals surface area contributed by atoms with E-state index < -0.39 is 0 Å². The predicted octanol–water partition coefficient (Wildman–Crippen LogP) is 10.9. The molecular formula is C36H21ClO. The van der Waals surface area contributed by atoms with E-state index in [1.165, 1.54) is 38.4 Å². The number of benzene rings is 7. The highest BCUT2D eigenvalue weighted by atomic mass is 35.5. The fourth-order valence-electron chi connectivity index (χ4n) is 6.07. The molecule has 2 heteroatoms. The first-order valence-electron chi connectivity index (χ1n) is 12.8. The van der Waals surface area contributed by atoms with E-state index in [2.05, 4.69) is 121 Å². The summed E-state index contributed by atoms with van der Waals surface area (Å²) in [6.07, 6.45) is 0. The third-order valence-electron chi connectivity index (χ3n) is 7.70. The first-order chi connectivity index (χ1) is 18.8. The van der Waals surface area contributed by atoms with E-state index in [9.17, 15) is 0 Å². The molecule has 0 aromatic heterocycles. The Hall–Kier alpha value is -4.59. The molecule has 0 spiro atoms. The van der Waals surface area contributed by atoms with Crippen LogP contribution in [0.2, 0.25) is 5.02 Å². The van der Waals surface area contributed by atoms with Crippen LogP contribution < -0.4 is 4.74 Å². The molecule has 0 unspecified atom stereocenters. The van der Waals surface area contributed by atoms with E-state index in [0.717, 1.165) is 43.8 Å². The summed E-state index contributed by atoms with van der Waals surface area (Å²) < 4.78 is 6.66. The van der Waals surface area contributed by atoms with Crippen LogP contribution in [0.4, 0.5) is 0 Å². The lowest BCUT2D eigenvalue weighted by atomic mass is 9.83. The first kappa shape index (κ1) is 21.5. The molecule has 0 saturated carbocycles. The van der Waals surface area contributed by atoms with Gasteiger partial charge in [0.1, 0.15) is 11.5 Å². The molecule has 7 aromatic rings. The minimum Gasteiger partial charge on any atom is -0.456 e. The molecular weight excluding hydrogens is 484 g/mol. The van der Waals surface area contributed by atoms with Gasteiger partial charge < -0.3 is 4.74 Å². The highest BCUT2D eigenvalue weighted by molar-refractivity contribution is 6.33. The van der Waals surface area contributed by atoms with Gasteiger partial charge in [0.15, 0.2) is 0 Å². The molecule has 0 aliphatic carbocycles. The molecule has 1 nitrogen and oxygen atoms in total. The normalized spacial score (nSPS) is 12.0. The highest BCUT2D eigenvalue weighted by Crippen LogP contribution is 2.54. The minimum atomic E-state index is 0.731. The van der Waals surface area contributed by atoms with Gasteiger partial charge in [-0.2, -0.15) is 0 Å². The van der Waals surface area contributed by atoms with Gasteiger partial charge in [-0.05, 0) is 79.5 Å². The fourth-order valence-corrected chi connectivity index (χ4v) is 6.24. The van der Waals surface area contributed by atoms with Crippen LogP contribution in [0.15, 0.2) is 127 Å². The Bertz CT molecular complexity index is 2050. The maximum Gasteiger partial charge on any atom is 0.135 e. The van der Waals surface area contributed by atoms with Crippen molar-refractivity contribution >= 4 is 43.9 Å². The van der Waals surface area contributed by atoms with Gasteiger partial charge in [0.05, 0.1) is 0 Å². The lowest BCUT2D eigenvalue weighted by Gasteiger charge is -2.26. The van der Waals surface area contributed by atoms with Crippen molar-refractivity contribution in [2.45, 2.75) is 0 Å². The third-order valence-corrected chi connectivity index (χ3v) is 7.94. The molecule has 0 fully saturated rings. The summed E-state index contributed by atoms with van der Waals surface area (Å²) in [5, 5.41) is 7.80. The number of halogens is 1. The Labute approximate surface area is 225 Å². The van der Waals surface area contributed by atoms with Crippen LogP contribution in [-0.4, -0.2) is 0 Å². The summed E-state index contributed by atoms with van der Waals surface area (Å²) in [4.78, 5) is 0. The van der Waals surface area contributed by atoms with Gasteiger partial charge in [-0.3, -0.25) is 0 Å². The maximum absolute atomic E-state index is 6.66. The summed E-state index contributed by atoms with van der Waals surface area (Å²) >= 11 is 6.51. The summed E-state index contributed by atoms with van der Waals surface area (Å²) in [5.74, 6) is 1.75. The van der Waals surface area contributed by atoms with Gasteiger partial charge in [0, 0.05) is 21.5 Å². The Morgan fingerprint density at radius 1 is 0.447 bits per heavy atom. The number of rotatable bonds is 2. The Morgan fingerprint density at radius 3 is 2.16 bits per heavy atom. The molecule has 0 bridgehead atoms. The smallest absolute Gasteiger partial charge is 0.135 e. The van der Waals surface area contributed by atoms with Gasteiger partial charge in [0.2, 0.25) is 0 Å². The SMILES string of the molecule is Clc1ccc2c(-c3ccccc3)c3c4c(cccc4c2c1)Oc1cc(-c2cccc4ccccc24)ccc1-3. The molecule has 1 heterocycles. The molecule has 8 rings (SSSR count). The number of hydrogen-bond acceptors (Lipinski definition) is 1. The van der Waals surface area contributed by atoms with Crippen molar-refractivity contribution in [3.63, 3.8) is 0 Å². The minimum absolute atomic E-state index is 0.731. The second-order valence-electron chi connectivity index (χ2n) is 9.82. The highest BCUT2D eigenvalue weighted by Gasteiger charge is 2.26. The standard InChI is InChI=1S/C36H21ClO/c37-25-17-19-29-31(21-25)28-14-7-15-32-35(28)36(34(29)23-9-2-1-3-10-23)30-18-16-24(20-33(30)38-32)27-13-6-11-22-8-4-5-12-26(22)27/h1-21H. The molecule has 1 aliphatic heterocycles. The zero-order valence-electron chi connectivity index (χ0n) is 20.4. The molecule has 0 amide bonds. The van der Waals surface area contributed by atoms with Crippen LogP contribution in [0.5, 0.6) is 11.5 Å². The van der Waals surface area contributed by atoms with E-state index in [-0.39, 0.29) is 0 Å². The lowest BCUT2D eigenvalue weighted by Crippen LogP contribution is -2.00. The number of hydrogen-bond donors (Lipinski definition) is 0. The topological polar surface area (TPSA) is 9.23 Å². The Morgan fingerprint density at radius 2 is 1.24 bits per heavy atom. The zero-order valence-corrected chi connectivity index (χ0v) is 21.2. The predicted molar refractivity (Wildman–Crippen MR) is 160 cm³/mol. The summed E-state index contributed by atoms with van der Waals surface area (Å²) in [6, 6.07) is 44.8. The second kappa shape index (κ2) is 8.21. The Balaban J connectivity index is 1.47. The maximum atomic E-state index is 6.66. The van der Waals surface area contributed by atoms with Crippen molar-refractivity contribution in [1.29, 1.82) is 0 Å². The van der Waals surface area contributed by atoms with Crippen molar-refractivity contribution in [3.05, 3.63) is 132 Å². The molecule has 7 aromatic carbocycles. The molecule has 0 atom stereocenters. The van der Waals surface area contributed by atoms with Crippen LogP contribution in [0.1, 0.15) is 0 Å². The second-order valence-corrected chi connectivity index (χ2v) is 10.3. The molecule has 0 N–H and O–H groups in total. The quantitative estimate of drug-likeness (QED) is 0.213. The van der Waals surface area contributed by atoms with Crippen molar-refractivity contribution in [2.75, 3.05) is 0 Å². The fraction of sp³-hybridized carbons (Fsp3) is 0. The van der Waals surface area contributed by atoms with Crippen molar-refractivity contribution < 1.29 is 4.74 Å².